The molecular weight excluding hydrogens is 357 g/mol. The predicted octanol–water partition coefficient (Wildman–Crippen LogP) is 3.90. The highest BCUT2D eigenvalue weighted by molar-refractivity contribution is 14.1. The van der Waals surface area contributed by atoms with Gasteiger partial charge in [-0.3, -0.25) is 0 Å². The second kappa shape index (κ2) is 5.32. The Bertz CT molecular complexity index is 599. The first kappa shape index (κ1) is 14.0. The monoisotopic (exact) mass is 371 g/mol. The van der Waals surface area contributed by atoms with Crippen LogP contribution in [0.15, 0.2) is 34.9 Å². The lowest BCUT2D eigenvalue weighted by Gasteiger charge is -2.19. The second-order valence-corrected chi connectivity index (χ2v) is 5.98. The molecule has 0 radical (unpaired) electrons. The minimum absolute atomic E-state index is 0.344. The van der Waals surface area contributed by atoms with E-state index >= 15 is 0 Å². The third-order valence-corrected chi connectivity index (χ3v) is 2.76. The predicted molar refractivity (Wildman–Crippen MR) is 79.8 cm³/mol. The molecule has 19 heavy (non-hydrogen) atoms. The number of carbonyl (C=O) groups is 1. The van der Waals surface area contributed by atoms with E-state index in [2.05, 4.69) is 4.98 Å². The van der Waals surface area contributed by atoms with Crippen molar-refractivity contribution in [2.24, 2.45) is 0 Å². The van der Waals surface area contributed by atoms with Gasteiger partial charge in [0.25, 0.3) is 3.90 Å². The lowest BCUT2D eigenvalue weighted by atomic mass is 10.1. The van der Waals surface area contributed by atoms with Crippen molar-refractivity contribution in [1.29, 1.82) is 0 Å². The zero-order valence-electron chi connectivity index (χ0n) is 10.9. The van der Waals surface area contributed by atoms with Crippen molar-refractivity contribution < 1.29 is 13.9 Å². The van der Waals surface area contributed by atoms with E-state index in [0.717, 1.165) is 5.56 Å². The van der Waals surface area contributed by atoms with Gasteiger partial charge in [-0.2, -0.15) is 0 Å². The lowest BCUT2D eigenvalue weighted by molar-refractivity contribution is 0.00696. The molecular formula is C14H14INO3. The Morgan fingerprint density at radius 1 is 1.37 bits per heavy atom. The fraction of sp³-hybridized carbons (Fsp3) is 0.286. The van der Waals surface area contributed by atoms with Gasteiger partial charge in [0.1, 0.15) is 5.60 Å². The maximum atomic E-state index is 12.0. The number of benzene rings is 1. The van der Waals surface area contributed by atoms with Gasteiger partial charge in [-0.25, -0.2) is 9.78 Å². The lowest BCUT2D eigenvalue weighted by Crippen LogP contribution is -2.23. The fourth-order valence-corrected chi connectivity index (χ4v) is 1.90. The van der Waals surface area contributed by atoms with Crippen LogP contribution in [0.1, 0.15) is 31.1 Å². The Hall–Kier alpha value is -1.37. The summed E-state index contributed by atoms with van der Waals surface area (Å²) in [4.78, 5) is 16.0. The number of carbonyl (C=O) groups excluding carboxylic acids is 1. The number of rotatable bonds is 2. The van der Waals surface area contributed by atoms with Crippen LogP contribution in [0.3, 0.4) is 0 Å². The smallest absolute Gasteiger partial charge is 0.338 e. The van der Waals surface area contributed by atoms with Gasteiger partial charge in [-0.15, -0.1) is 0 Å². The standard InChI is InChI=1S/C14H14INO3/c1-14(2,3)19-12(17)10-6-4-5-9(7-10)11-8-16-13(15)18-11/h4-8H,1-3H3. The molecule has 4 nitrogen and oxygen atoms in total. The van der Waals surface area contributed by atoms with Crippen LogP contribution in [-0.2, 0) is 4.74 Å². The molecule has 0 spiro atoms. The van der Waals surface area contributed by atoms with Crippen LogP contribution in [0.5, 0.6) is 0 Å². The van der Waals surface area contributed by atoms with Gasteiger partial charge in [0.2, 0.25) is 0 Å². The van der Waals surface area contributed by atoms with Crippen molar-refractivity contribution in [3.05, 3.63) is 39.9 Å². The van der Waals surface area contributed by atoms with Gasteiger partial charge in [-0.05, 0) is 32.9 Å². The summed E-state index contributed by atoms with van der Waals surface area (Å²) < 4.78 is 11.3. The number of halogens is 1. The Morgan fingerprint density at radius 3 is 2.68 bits per heavy atom. The molecule has 0 saturated carbocycles. The van der Waals surface area contributed by atoms with Gasteiger partial charge in [-0.1, -0.05) is 12.1 Å². The van der Waals surface area contributed by atoms with E-state index in [1.165, 1.54) is 0 Å². The van der Waals surface area contributed by atoms with Gasteiger partial charge in [0.05, 0.1) is 11.8 Å². The minimum atomic E-state index is -0.505. The van der Waals surface area contributed by atoms with Crippen LogP contribution in [0.4, 0.5) is 0 Å². The first-order valence-corrected chi connectivity index (χ1v) is 6.88. The Labute approximate surface area is 125 Å². The third kappa shape index (κ3) is 3.79. The number of hydrogen-bond donors (Lipinski definition) is 0. The van der Waals surface area contributed by atoms with E-state index in [9.17, 15) is 4.79 Å². The zero-order valence-corrected chi connectivity index (χ0v) is 13.1. The molecule has 0 fully saturated rings. The Balaban J connectivity index is 2.27. The van der Waals surface area contributed by atoms with Crippen LogP contribution in [0.2, 0.25) is 0 Å². The quantitative estimate of drug-likeness (QED) is 0.594. The van der Waals surface area contributed by atoms with Crippen molar-refractivity contribution in [3.63, 3.8) is 0 Å². The largest absolute Gasteiger partial charge is 0.456 e. The maximum absolute atomic E-state index is 12.0. The zero-order chi connectivity index (χ0) is 14.0. The summed E-state index contributed by atoms with van der Waals surface area (Å²) in [6, 6.07) is 7.12. The summed E-state index contributed by atoms with van der Waals surface area (Å²) in [6.07, 6.45) is 1.63. The van der Waals surface area contributed by atoms with Gasteiger partial charge >= 0.3 is 5.97 Å². The first-order chi connectivity index (χ1) is 8.85. The van der Waals surface area contributed by atoms with Gasteiger partial charge in [0.15, 0.2) is 5.76 Å². The summed E-state index contributed by atoms with van der Waals surface area (Å²) >= 11 is 2.00. The van der Waals surface area contributed by atoms with Crippen molar-refractivity contribution in [2.45, 2.75) is 26.4 Å². The molecule has 2 rings (SSSR count). The summed E-state index contributed by atoms with van der Waals surface area (Å²) in [7, 11) is 0. The topological polar surface area (TPSA) is 52.3 Å². The molecule has 1 aromatic heterocycles. The highest BCUT2D eigenvalue weighted by Crippen LogP contribution is 2.23. The molecule has 0 amide bonds. The number of oxazole rings is 1. The second-order valence-electron chi connectivity index (χ2n) is 5.06. The summed E-state index contributed by atoms with van der Waals surface area (Å²) in [5, 5.41) is 0. The van der Waals surface area contributed by atoms with E-state index in [0.29, 0.717) is 15.2 Å². The minimum Gasteiger partial charge on any atom is -0.456 e. The third-order valence-electron chi connectivity index (χ3n) is 2.26. The average molecular weight is 371 g/mol. The SMILES string of the molecule is CC(C)(C)OC(=O)c1cccc(-c2cnc(I)o2)c1. The molecule has 0 aliphatic heterocycles. The van der Waals surface area contributed by atoms with Crippen LogP contribution in [0, 0.1) is 3.90 Å². The molecule has 100 valence electrons. The summed E-state index contributed by atoms with van der Waals surface area (Å²) in [5.41, 5.74) is 0.798. The highest BCUT2D eigenvalue weighted by Gasteiger charge is 2.18. The van der Waals surface area contributed by atoms with Crippen LogP contribution < -0.4 is 0 Å². The Morgan fingerprint density at radius 2 is 2.11 bits per heavy atom. The molecule has 1 aromatic carbocycles. The van der Waals surface area contributed by atoms with Gasteiger partial charge in [0, 0.05) is 28.2 Å². The molecule has 2 aromatic rings. The van der Waals surface area contributed by atoms with Crippen molar-refractivity contribution in [2.75, 3.05) is 0 Å². The Kier molecular flexibility index (Phi) is 3.93. The van der Waals surface area contributed by atoms with Crippen LogP contribution in [-0.4, -0.2) is 16.6 Å². The normalized spacial score (nSPS) is 11.4. The summed E-state index contributed by atoms with van der Waals surface area (Å²) in [5.74, 6) is 0.290. The molecule has 0 saturated heterocycles. The molecule has 0 aliphatic carbocycles. The van der Waals surface area contributed by atoms with Crippen LogP contribution >= 0.6 is 22.6 Å². The number of aromatic nitrogens is 1. The molecule has 0 bridgehead atoms. The number of nitrogens with zero attached hydrogens (tertiary/aromatic N) is 1. The van der Waals surface area contributed by atoms with E-state index in [1.807, 2.05) is 49.4 Å². The van der Waals surface area contributed by atoms with E-state index < -0.39 is 5.60 Å². The van der Waals surface area contributed by atoms with E-state index in [-0.39, 0.29) is 5.97 Å². The first-order valence-electron chi connectivity index (χ1n) is 5.80. The van der Waals surface area contributed by atoms with Gasteiger partial charge < -0.3 is 9.15 Å². The fourth-order valence-electron chi connectivity index (χ4n) is 1.52. The number of ether oxygens (including phenoxy) is 1. The van der Waals surface area contributed by atoms with Crippen molar-refractivity contribution >= 4 is 28.6 Å². The average Bonchev–Trinajstić information content (AvgIpc) is 2.74. The molecule has 0 aliphatic rings. The van der Waals surface area contributed by atoms with Crippen molar-refractivity contribution in [3.8, 4) is 11.3 Å². The molecule has 5 heteroatoms. The highest BCUT2D eigenvalue weighted by atomic mass is 127. The molecule has 0 N–H and O–H groups in total. The molecule has 0 unspecified atom stereocenters. The maximum Gasteiger partial charge on any atom is 0.338 e. The van der Waals surface area contributed by atoms with Crippen molar-refractivity contribution in [1.82, 2.24) is 4.98 Å². The number of esters is 1. The van der Waals surface area contributed by atoms with Crippen LogP contribution in [0.25, 0.3) is 11.3 Å². The van der Waals surface area contributed by atoms with E-state index in [1.54, 1.807) is 24.4 Å². The molecule has 1 heterocycles. The van der Waals surface area contributed by atoms with E-state index in [4.69, 9.17) is 9.15 Å². The number of hydrogen-bond acceptors (Lipinski definition) is 4. The molecule has 0 atom stereocenters. The summed E-state index contributed by atoms with van der Waals surface area (Å²) in [6.45, 7) is 5.52.